The maximum absolute atomic E-state index is 11.4. The zero-order chi connectivity index (χ0) is 16.0. The third-order valence-electron chi connectivity index (χ3n) is 2.78. The molecule has 0 aromatic heterocycles. The van der Waals surface area contributed by atoms with Crippen LogP contribution in [0.1, 0.15) is 45.7 Å². The van der Waals surface area contributed by atoms with Crippen LogP contribution in [0.3, 0.4) is 0 Å². The molecule has 0 aliphatic rings. The molecule has 1 rings (SSSR count). The Morgan fingerprint density at radius 2 is 1.67 bits per heavy atom. The predicted molar refractivity (Wildman–Crippen MR) is 84.2 cm³/mol. The van der Waals surface area contributed by atoms with Crippen molar-refractivity contribution >= 4 is 18.0 Å². The highest BCUT2D eigenvalue weighted by Crippen LogP contribution is 2.21. The van der Waals surface area contributed by atoms with Crippen molar-refractivity contribution in [1.29, 1.82) is 0 Å². The van der Waals surface area contributed by atoms with Crippen molar-refractivity contribution in [2.24, 2.45) is 5.10 Å². The van der Waals surface area contributed by atoms with Crippen LogP contribution in [0.5, 0.6) is 0 Å². The molecule has 0 radical (unpaired) electrons. The minimum absolute atomic E-state index is 0.0860. The molecule has 0 fully saturated rings. The van der Waals surface area contributed by atoms with Crippen LogP contribution in [0.4, 0.5) is 0 Å². The van der Waals surface area contributed by atoms with Crippen molar-refractivity contribution in [2.45, 2.75) is 46.1 Å². The molecule has 5 heteroatoms. The molecule has 0 atom stereocenters. The highest BCUT2D eigenvalue weighted by Gasteiger charge is 2.13. The third-order valence-corrected chi connectivity index (χ3v) is 2.78. The van der Waals surface area contributed by atoms with Crippen molar-refractivity contribution in [3.63, 3.8) is 0 Å². The van der Waals surface area contributed by atoms with Crippen LogP contribution in [0, 0.1) is 0 Å². The van der Waals surface area contributed by atoms with E-state index in [9.17, 15) is 9.59 Å². The third kappa shape index (κ3) is 5.77. The molecule has 0 aliphatic heterocycles. The van der Waals surface area contributed by atoms with Gasteiger partial charge in [0.2, 0.25) is 0 Å². The fourth-order valence-corrected chi connectivity index (χ4v) is 1.61. The number of carbonyl (C=O) groups is 2. The molecular formula is C16H23N3O2. The Kier molecular flexibility index (Phi) is 5.64. The first-order valence-corrected chi connectivity index (χ1v) is 6.94. The molecule has 0 saturated carbocycles. The molecule has 1 aromatic rings. The minimum Gasteiger partial charge on any atom is -0.346 e. The van der Waals surface area contributed by atoms with Gasteiger partial charge >= 0.3 is 11.8 Å². The average Bonchev–Trinajstić information content (AvgIpc) is 2.37. The van der Waals surface area contributed by atoms with Crippen molar-refractivity contribution in [2.75, 3.05) is 0 Å². The van der Waals surface area contributed by atoms with E-state index in [2.05, 4.69) is 36.6 Å². The summed E-state index contributed by atoms with van der Waals surface area (Å²) in [5, 5.41) is 6.27. The van der Waals surface area contributed by atoms with E-state index in [0.29, 0.717) is 0 Å². The van der Waals surface area contributed by atoms with Gasteiger partial charge in [-0.15, -0.1) is 0 Å². The molecule has 114 valence electrons. The van der Waals surface area contributed by atoms with Gasteiger partial charge in [0, 0.05) is 6.04 Å². The first-order chi connectivity index (χ1) is 9.70. The summed E-state index contributed by atoms with van der Waals surface area (Å²) >= 11 is 0. The normalized spacial score (nSPS) is 11.7. The fourth-order valence-electron chi connectivity index (χ4n) is 1.61. The van der Waals surface area contributed by atoms with Crippen LogP contribution < -0.4 is 10.7 Å². The molecule has 0 unspecified atom stereocenters. The average molecular weight is 289 g/mol. The molecular weight excluding hydrogens is 266 g/mol. The van der Waals surface area contributed by atoms with Crippen molar-refractivity contribution < 1.29 is 9.59 Å². The lowest BCUT2D eigenvalue weighted by Gasteiger charge is -2.18. The van der Waals surface area contributed by atoms with Crippen molar-refractivity contribution in [3.8, 4) is 0 Å². The Morgan fingerprint density at radius 3 is 2.14 bits per heavy atom. The summed E-state index contributed by atoms with van der Waals surface area (Å²) in [6, 6.07) is 7.80. The zero-order valence-corrected chi connectivity index (χ0v) is 13.2. The van der Waals surface area contributed by atoms with Gasteiger partial charge in [0.1, 0.15) is 0 Å². The Hall–Kier alpha value is -2.17. The quantitative estimate of drug-likeness (QED) is 0.507. The lowest BCUT2D eigenvalue weighted by atomic mass is 9.87. The molecule has 5 nitrogen and oxygen atoms in total. The summed E-state index contributed by atoms with van der Waals surface area (Å²) < 4.78 is 0. The number of hydrazone groups is 1. The van der Waals surface area contributed by atoms with Gasteiger partial charge in [-0.2, -0.15) is 5.10 Å². The highest BCUT2D eigenvalue weighted by atomic mass is 16.2. The molecule has 2 amide bonds. The molecule has 1 aromatic carbocycles. The number of nitrogens with one attached hydrogen (secondary N) is 2. The Bertz CT molecular complexity index is 525. The second-order valence-corrected chi connectivity index (χ2v) is 6.20. The first-order valence-electron chi connectivity index (χ1n) is 6.94. The second kappa shape index (κ2) is 7.02. The Morgan fingerprint density at radius 1 is 1.10 bits per heavy atom. The first kappa shape index (κ1) is 16.9. The topological polar surface area (TPSA) is 70.6 Å². The summed E-state index contributed by atoms with van der Waals surface area (Å²) in [5.41, 5.74) is 4.37. The lowest BCUT2D eigenvalue weighted by Crippen LogP contribution is -2.41. The number of hydrogen-bond donors (Lipinski definition) is 2. The fraction of sp³-hybridized carbons (Fsp3) is 0.438. The monoisotopic (exact) mass is 289 g/mol. The van der Waals surface area contributed by atoms with Gasteiger partial charge in [0.15, 0.2) is 0 Å². The van der Waals surface area contributed by atoms with Crippen molar-refractivity contribution in [3.05, 3.63) is 35.4 Å². The van der Waals surface area contributed by atoms with E-state index >= 15 is 0 Å². The number of benzene rings is 1. The molecule has 0 saturated heterocycles. The van der Waals surface area contributed by atoms with Crippen LogP contribution in [0.15, 0.2) is 29.4 Å². The highest BCUT2D eigenvalue weighted by molar-refractivity contribution is 6.35. The van der Waals surface area contributed by atoms with E-state index in [1.807, 2.05) is 24.3 Å². The summed E-state index contributed by atoms with van der Waals surface area (Å²) in [6.07, 6.45) is 1.51. The van der Waals surface area contributed by atoms with E-state index in [1.54, 1.807) is 13.8 Å². The van der Waals surface area contributed by atoms with E-state index in [-0.39, 0.29) is 11.5 Å². The molecule has 0 bridgehead atoms. The van der Waals surface area contributed by atoms with Crippen LogP contribution in [-0.4, -0.2) is 24.1 Å². The number of rotatable bonds is 3. The largest absolute Gasteiger partial charge is 0.346 e. The number of hydrogen-bond acceptors (Lipinski definition) is 3. The van der Waals surface area contributed by atoms with Gasteiger partial charge in [-0.25, -0.2) is 5.43 Å². The van der Waals surface area contributed by atoms with Crippen molar-refractivity contribution in [1.82, 2.24) is 10.7 Å². The standard InChI is InChI=1S/C16H23N3O2/c1-11(2)18-14(20)15(21)19-17-10-12-6-8-13(9-7-12)16(3,4)5/h6-11H,1-5H3,(H,18,20)(H,19,21)/b17-10-. The van der Waals surface area contributed by atoms with Gasteiger partial charge in [-0.1, -0.05) is 45.0 Å². The Labute approximate surface area is 125 Å². The van der Waals surface area contributed by atoms with E-state index in [0.717, 1.165) is 5.56 Å². The maximum atomic E-state index is 11.4. The molecule has 2 N–H and O–H groups in total. The molecule has 21 heavy (non-hydrogen) atoms. The van der Waals surface area contributed by atoms with Gasteiger partial charge in [-0.05, 0) is 30.4 Å². The SMILES string of the molecule is CC(C)NC(=O)C(=O)N/N=C\c1ccc(C(C)(C)C)cc1. The van der Waals surface area contributed by atoms with Crippen LogP contribution >= 0.6 is 0 Å². The predicted octanol–water partition coefficient (Wildman–Crippen LogP) is 1.96. The van der Waals surface area contributed by atoms with Gasteiger partial charge in [-0.3, -0.25) is 9.59 Å². The summed E-state index contributed by atoms with van der Waals surface area (Å²) in [7, 11) is 0. The lowest BCUT2D eigenvalue weighted by molar-refractivity contribution is -0.139. The van der Waals surface area contributed by atoms with Crippen LogP contribution in [0.25, 0.3) is 0 Å². The summed E-state index contributed by atoms with van der Waals surface area (Å²) in [4.78, 5) is 22.8. The van der Waals surface area contributed by atoms with E-state index in [4.69, 9.17) is 0 Å². The molecule has 0 aliphatic carbocycles. The van der Waals surface area contributed by atoms with Crippen LogP contribution in [-0.2, 0) is 15.0 Å². The summed E-state index contributed by atoms with van der Waals surface area (Å²) in [5.74, 6) is -1.46. The minimum atomic E-state index is -0.772. The van der Waals surface area contributed by atoms with Gasteiger partial charge < -0.3 is 5.32 Å². The number of nitrogens with zero attached hydrogens (tertiary/aromatic N) is 1. The van der Waals surface area contributed by atoms with Gasteiger partial charge in [0.25, 0.3) is 0 Å². The Balaban J connectivity index is 2.58. The molecule has 0 heterocycles. The smallest absolute Gasteiger partial charge is 0.329 e. The zero-order valence-electron chi connectivity index (χ0n) is 13.2. The maximum Gasteiger partial charge on any atom is 0.329 e. The molecule has 0 spiro atoms. The summed E-state index contributed by atoms with van der Waals surface area (Å²) in [6.45, 7) is 9.99. The van der Waals surface area contributed by atoms with E-state index in [1.165, 1.54) is 11.8 Å². The number of amides is 2. The second-order valence-electron chi connectivity index (χ2n) is 6.20. The van der Waals surface area contributed by atoms with Crippen LogP contribution in [0.2, 0.25) is 0 Å². The van der Waals surface area contributed by atoms with Gasteiger partial charge in [0.05, 0.1) is 6.21 Å². The number of carbonyl (C=O) groups excluding carboxylic acids is 2. The van der Waals surface area contributed by atoms with E-state index < -0.39 is 11.8 Å².